The maximum Gasteiger partial charge on any atom is 0.237 e. The van der Waals surface area contributed by atoms with Gasteiger partial charge in [-0.25, -0.2) is 4.98 Å². The number of nitrogens with two attached hydrogens (primary N) is 1. The number of rotatable bonds is 6. The Morgan fingerprint density at radius 1 is 1.60 bits per heavy atom. The molecule has 0 saturated carbocycles. The Hall–Kier alpha value is -1.37. The molecule has 2 aromatic heterocycles. The van der Waals surface area contributed by atoms with Gasteiger partial charge in [-0.05, 0) is 17.9 Å². The van der Waals surface area contributed by atoms with Crippen molar-refractivity contribution >= 4 is 29.7 Å². The normalized spacial score (nSPS) is 11.7. The van der Waals surface area contributed by atoms with Crippen LogP contribution in [0.5, 0.6) is 0 Å². The van der Waals surface area contributed by atoms with Crippen LogP contribution in [0, 0.1) is 0 Å². The van der Waals surface area contributed by atoms with Crippen molar-refractivity contribution in [3.05, 3.63) is 29.5 Å². The van der Waals surface area contributed by atoms with E-state index >= 15 is 0 Å². The third-order valence-corrected chi connectivity index (χ3v) is 3.52. The molecule has 0 fully saturated rings. The van der Waals surface area contributed by atoms with E-state index < -0.39 is 6.04 Å². The molecule has 7 heteroatoms. The topological polar surface area (TPSA) is 81.2 Å². The average Bonchev–Trinajstić information content (AvgIpc) is 3.06. The molecule has 1 amide bonds. The Kier molecular flexibility index (Phi) is 6.70. The van der Waals surface area contributed by atoms with Crippen molar-refractivity contribution in [2.75, 3.05) is 0 Å². The van der Waals surface area contributed by atoms with E-state index in [4.69, 9.17) is 10.2 Å². The Morgan fingerprint density at radius 3 is 3.05 bits per heavy atom. The van der Waals surface area contributed by atoms with Gasteiger partial charge in [-0.3, -0.25) is 4.79 Å². The number of hydrogen-bond donors (Lipinski definition) is 2. The second-order valence-corrected chi connectivity index (χ2v) is 5.18. The van der Waals surface area contributed by atoms with Gasteiger partial charge in [-0.15, -0.1) is 23.7 Å². The van der Waals surface area contributed by atoms with Crippen molar-refractivity contribution in [2.24, 2.45) is 5.73 Å². The fourth-order valence-electron chi connectivity index (χ4n) is 1.65. The SMILES string of the molecule is CCCC(N)C(=O)NCc1coc(-c2cccs2)n1.Cl. The van der Waals surface area contributed by atoms with Crippen molar-refractivity contribution in [1.82, 2.24) is 10.3 Å². The van der Waals surface area contributed by atoms with Gasteiger partial charge in [0.05, 0.1) is 23.2 Å². The van der Waals surface area contributed by atoms with Crippen molar-refractivity contribution in [3.63, 3.8) is 0 Å². The average molecular weight is 316 g/mol. The molecule has 2 aromatic rings. The number of nitrogens with zero attached hydrogens (tertiary/aromatic N) is 1. The lowest BCUT2D eigenvalue weighted by molar-refractivity contribution is -0.122. The Balaban J connectivity index is 0.00000200. The lowest BCUT2D eigenvalue weighted by Crippen LogP contribution is -2.40. The van der Waals surface area contributed by atoms with Crippen LogP contribution in [0.25, 0.3) is 10.8 Å². The third-order valence-electron chi connectivity index (χ3n) is 2.66. The molecule has 1 atom stereocenters. The molecule has 0 aromatic carbocycles. The number of carbonyl (C=O) groups is 1. The molecule has 110 valence electrons. The molecule has 3 N–H and O–H groups in total. The van der Waals surface area contributed by atoms with Crippen LogP contribution in [0.1, 0.15) is 25.5 Å². The van der Waals surface area contributed by atoms with E-state index in [9.17, 15) is 4.79 Å². The van der Waals surface area contributed by atoms with E-state index in [0.29, 0.717) is 24.6 Å². The first-order valence-electron chi connectivity index (χ1n) is 6.22. The summed E-state index contributed by atoms with van der Waals surface area (Å²) in [5.74, 6) is 0.430. The fourth-order valence-corrected chi connectivity index (χ4v) is 2.31. The molecule has 0 bridgehead atoms. The summed E-state index contributed by atoms with van der Waals surface area (Å²) in [5, 5.41) is 4.72. The Labute approximate surface area is 128 Å². The zero-order valence-electron chi connectivity index (χ0n) is 11.2. The van der Waals surface area contributed by atoms with E-state index in [1.807, 2.05) is 24.4 Å². The predicted molar refractivity (Wildman–Crippen MR) is 81.8 cm³/mol. The van der Waals surface area contributed by atoms with Gasteiger partial charge in [0, 0.05) is 0 Å². The summed E-state index contributed by atoms with van der Waals surface area (Å²) in [5.41, 5.74) is 6.41. The lowest BCUT2D eigenvalue weighted by atomic mass is 10.2. The summed E-state index contributed by atoms with van der Waals surface area (Å²) in [4.78, 5) is 16.9. The molecule has 2 heterocycles. The van der Waals surface area contributed by atoms with Crippen LogP contribution in [0.4, 0.5) is 0 Å². The number of nitrogens with one attached hydrogen (secondary N) is 1. The van der Waals surface area contributed by atoms with Gasteiger partial charge in [-0.1, -0.05) is 19.4 Å². The number of hydrogen-bond acceptors (Lipinski definition) is 5. The van der Waals surface area contributed by atoms with Crippen molar-refractivity contribution in [2.45, 2.75) is 32.4 Å². The van der Waals surface area contributed by atoms with E-state index in [1.165, 1.54) is 0 Å². The van der Waals surface area contributed by atoms with Crippen LogP contribution in [-0.4, -0.2) is 16.9 Å². The van der Waals surface area contributed by atoms with Gasteiger partial charge in [0.25, 0.3) is 0 Å². The smallest absolute Gasteiger partial charge is 0.237 e. The van der Waals surface area contributed by atoms with Gasteiger partial charge in [-0.2, -0.15) is 0 Å². The highest BCUT2D eigenvalue weighted by Gasteiger charge is 2.13. The Bertz CT molecular complexity index is 527. The zero-order valence-corrected chi connectivity index (χ0v) is 12.8. The number of aromatic nitrogens is 1. The highest BCUT2D eigenvalue weighted by Crippen LogP contribution is 2.23. The summed E-state index contributed by atoms with van der Waals surface area (Å²) < 4.78 is 5.37. The van der Waals surface area contributed by atoms with Crippen LogP contribution in [0.2, 0.25) is 0 Å². The first-order chi connectivity index (χ1) is 9.20. The summed E-state index contributed by atoms with van der Waals surface area (Å²) in [6, 6.07) is 3.43. The number of carbonyl (C=O) groups excluding carboxylic acids is 1. The van der Waals surface area contributed by atoms with E-state index in [1.54, 1.807) is 17.6 Å². The summed E-state index contributed by atoms with van der Waals surface area (Å²) >= 11 is 1.56. The standard InChI is InChI=1S/C13H17N3O2S.ClH/c1-2-4-10(14)12(17)15-7-9-8-18-13(16-9)11-5-3-6-19-11;/h3,5-6,8,10H,2,4,7,14H2,1H3,(H,15,17);1H. The molecule has 2 rings (SSSR count). The molecule has 0 spiro atoms. The van der Waals surface area contributed by atoms with Crippen LogP contribution >= 0.6 is 23.7 Å². The van der Waals surface area contributed by atoms with Gasteiger partial charge < -0.3 is 15.5 Å². The summed E-state index contributed by atoms with van der Waals surface area (Å²) in [6.07, 6.45) is 3.13. The van der Waals surface area contributed by atoms with Crippen molar-refractivity contribution in [1.29, 1.82) is 0 Å². The number of halogens is 1. The first kappa shape index (κ1) is 16.7. The Morgan fingerprint density at radius 2 is 2.40 bits per heavy atom. The monoisotopic (exact) mass is 315 g/mol. The number of thiophene rings is 1. The van der Waals surface area contributed by atoms with Crippen LogP contribution in [0.3, 0.4) is 0 Å². The molecule has 5 nitrogen and oxygen atoms in total. The van der Waals surface area contributed by atoms with Crippen molar-refractivity contribution in [3.8, 4) is 10.8 Å². The maximum absolute atomic E-state index is 11.6. The molecular weight excluding hydrogens is 298 g/mol. The molecule has 0 aliphatic carbocycles. The molecule has 0 aliphatic heterocycles. The summed E-state index contributed by atoms with van der Waals surface area (Å²) in [7, 11) is 0. The predicted octanol–water partition coefficient (Wildman–Crippen LogP) is 2.57. The molecule has 1 unspecified atom stereocenters. The minimum absolute atomic E-state index is 0. The first-order valence-corrected chi connectivity index (χ1v) is 7.10. The number of amides is 1. The largest absolute Gasteiger partial charge is 0.443 e. The highest BCUT2D eigenvalue weighted by molar-refractivity contribution is 7.13. The van der Waals surface area contributed by atoms with Gasteiger partial charge in [0.15, 0.2) is 0 Å². The van der Waals surface area contributed by atoms with Crippen LogP contribution in [0.15, 0.2) is 28.2 Å². The maximum atomic E-state index is 11.6. The van der Waals surface area contributed by atoms with E-state index in [0.717, 1.165) is 11.3 Å². The highest BCUT2D eigenvalue weighted by atomic mass is 35.5. The second kappa shape index (κ2) is 8.04. The number of oxazole rings is 1. The van der Waals surface area contributed by atoms with Crippen molar-refractivity contribution < 1.29 is 9.21 Å². The molecular formula is C13H18ClN3O2S. The molecule has 20 heavy (non-hydrogen) atoms. The van der Waals surface area contributed by atoms with Crippen LogP contribution in [-0.2, 0) is 11.3 Å². The lowest BCUT2D eigenvalue weighted by Gasteiger charge is -2.09. The van der Waals surface area contributed by atoms with E-state index in [2.05, 4.69) is 10.3 Å². The quantitative estimate of drug-likeness (QED) is 0.858. The van der Waals surface area contributed by atoms with Gasteiger partial charge in [0.2, 0.25) is 11.8 Å². The third kappa shape index (κ3) is 4.33. The van der Waals surface area contributed by atoms with E-state index in [-0.39, 0.29) is 18.3 Å². The minimum Gasteiger partial charge on any atom is -0.443 e. The molecule has 0 saturated heterocycles. The second-order valence-electron chi connectivity index (χ2n) is 4.23. The van der Waals surface area contributed by atoms with Gasteiger partial charge >= 0.3 is 0 Å². The minimum atomic E-state index is -0.450. The summed E-state index contributed by atoms with van der Waals surface area (Å²) in [6.45, 7) is 2.34. The van der Waals surface area contributed by atoms with Crippen LogP contribution < -0.4 is 11.1 Å². The fraction of sp³-hybridized carbons (Fsp3) is 0.385. The molecule has 0 aliphatic rings. The van der Waals surface area contributed by atoms with Gasteiger partial charge in [0.1, 0.15) is 6.26 Å². The molecule has 0 radical (unpaired) electrons. The zero-order chi connectivity index (χ0) is 13.7.